The second-order valence-corrected chi connectivity index (χ2v) is 3.80. The number of carbonyl (C=O) groups is 1. The van der Waals surface area contributed by atoms with Gasteiger partial charge in [-0.15, -0.1) is 0 Å². The molecule has 0 fully saturated rings. The maximum atomic E-state index is 11.6. The predicted octanol–water partition coefficient (Wildman–Crippen LogP) is 0.955. The molecule has 0 radical (unpaired) electrons. The summed E-state index contributed by atoms with van der Waals surface area (Å²) in [5, 5.41) is 13.7. The fourth-order valence-electron chi connectivity index (χ4n) is 1.98. The number of benzene rings is 1. The molecule has 1 aromatic carbocycles. The van der Waals surface area contributed by atoms with Crippen LogP contribution in [-0.4, -0.2) is 24.5 Å². The lowest BCUT2D eigenvalue weighted by Gasteiger charge is -2.24. The first-order valence-electron chi connectivity index (χ1n) is 5.22. The summed E-state index contributed by atoms with van der Waals surface area (Å²) >= 11 is 0. The number of methoxy groups -OCH3 is 1. The minimum atomic E-state index is -0.608. The maximum absolute atomic E-state index is 11.6. The molecule has 0 aliphatic carbocycles. The number of non-ortho nitro benzene ring substituents is 1. The quantitative estimate of drug-likeness (QED) is 0.469. The molecule has 1 aliphatic rings. The van der Waals surface area contributed by atoms with Crippen LogP contribution in [0.25, 0.3) is 0 Å². The van der Waals surface area contributed by atoms with Gasteiger partial charge in [-0.3, -0.25) is 10.1 Å². The van der Waals surface area contributed by atoms with Crippen LogP contribution in [-0.2, 0) is 16.0 Å². The minimum Gasteiger partial charge on any atom is -0.468 e. The highest BCUT2D eigenvalue weighted by atomic mass is 16.6. The van der Waals surface area contributed by atoms with Gasteiger partial charge in [0.1, 0.15) is 6.04 Å². The van der Waals surface area contributed by atoms with E-state index in [1.807, 2.05) is 0 Å². The molecule has 1 aromatic rings. The van der Waals surface area contributed by atoms with Gasteiger partial charge >= 0.3 is 5.97 Å². The number of fused-ring (bicyclic) bond motifs is 1. The van der Waals surface area contributed by atoms with Gasteiger partial charge in [0.05, 0.1) is 12.0 Å². The lowest BCUT2D eigenvalue weighted by Crippen LogP contribution is -2.35. The van der Waals surface area contributed by atoms with E-state index in [9.17, 15) is 14.9 Å². The van der Waals surface area contributed by atoms with Crippen LogP contribution < -0.4 is 5.32 Å². The van der Waals surface area contributed by atoms with Crippen molar-refractivity contribution in [1.29, 1.82) is 0 Å². The molecule has 90 valence electrons. The van der Waals surface area contributed by atoms with Gasteiger partial charge in [-0.1, -0.05) is 6.07 Å². The Morgan fingerprint density at radius 2 is 2.35 bits per heavy atom. The fraction of sp³-hybridized carbons (Fsp3) is 0.364. The predicted molar refractivity (Wildman–Crippen MR) is 59.6 cm³/mol. The van der Waals surface area contributed by atoms with Crippen molar-refractivity contribution in [2.24, 2.45) is 0 Å². The molecule has 17 heavy (non-hydrogen) atoms. The molecule has 1 heterocycles. The number of hydrogen-bond donors (Lipinski definition) is 1. The second kappa shape index (κ2) is 4.50. The van der Waals surface area contributed by atoms with Crippen LogP contribution in [0.15, 0.2) is 18.2 Å². The topological polar surface area (TPSA) is 81.5 Å². The first-order valence-corrected chi connectivity index (χ1v) is 5.22. The number of nitro benzene ring substituents is 1. The normalized spacial score (nSPS) is 18.3. The Balaban J connectivity index is 2.44. The third kappa shape index (κ3) is 2.12. The van der Waals surface area contributed by atoms with Gasteiger partial charge < -0.3 is 10.1 Å². The van der Waals surface area contributed by atoms with Crippen molar-refractivity contribution in [2.45, 2.75) is 12.5 Å². The van der Waals surface area contributed by atoms with Crippen molar-refractivity contribution in [3.63, 3.8) is 0 Å². The van der Waals surface area contributed by atoms with Crippen molar-refractivity contribution in [3.05, 3.63) is 39.4 Å². The van der Waals surface area contributed by atoms with Crippen LogP contribution in [0.1, 0.15) is 17.2 Å². The number of ether oxygens (including phenoxy) is 1. The van der Waals surface area contributed by atoms with Crippen LogP contribution >= 0.6 is 0 Å². The van der Waals surface area contributed by atoms with Crippen molar-refractivity contribution in [1.82, 2.24) is 5.32 Å². The van der Waals surface area contributed by atoms with Gasteiger partial charge in [0.25, 0.3) is 5.69 Å². The van der Waals surface area contributed by atoms with E-state index >= 15 is 0 Å². The molecule has 1 unspecified atom stereocenters. The van der Waals surface area contributed by atoms with E-state index in [4.69, 9.17) is 0 Å². The zero-order valence-corrected chi connectivity index (χ0v) is 9.30. The Labute approximate surface area is 97.7 Å². The smallest absolute Gasteiger partial charge is 0.327 e. The number of nitrogens with one attached hydrogen (secondary N) is 1. The molecular formula is C11H12N2O4. The monoisotopic (exact) mass is 236 g/mol. The molecule has 6 heteroatoms. The van der Waals surface area contributed by atoms with Gasteiger partial charge in [-0.25, -0.2) is 4.79 Å². The molecule has 6 nitrogen and oxygen atoms in total. The van der Waals surface area contributed by atoms with Crippen molar-refractivity contribution >= 4 is 11.7 Å². The summed E-state index contributed by atoms with van der Waals surface area (Å²) in [5.41, 5.74) is 1.57. The number of nitro groups is 1. The summed E-state index contributed by atoms with van der Waals surface area (Å²) in [7, 11) is 1.30. The molecule has 1 N–H and O–H groups in total. The number of rotatable bonds is 2. The number of nitrogens with zero attached hydrogens (tertiary/aromatic N) is 1. The van der Waals surface area contributed by atoms with E-state index in [1.165, 1.54) is 19.2 Å². The number of carbonyl (C=O) groups excluding carboxylic acids is 1. The molecule has 0 spiro atoms. The minimum absolute atomic E-state index is 0.0126. The van der Waals surface area contributed by atoms with E-state index in [1.54, 1.807) is 6.07 Å². The third-order valence-corrected chi connectivity index (χ3v) is 2.83. The summed E-state index contributed by atoms with van der Waals surface area (Å²) in [4.78, 5) is 21.8. The van der Waals surface area contributed by atoms with Gasteiger partial charge in [0.2, 0.25) is 0 Å². The van der Waals surface area contributed by atoms with Crippen molar-refractivity contribution in [2.75, 3.05) is 13.7 Å². The highest BCUT2D eigenvalue weighted by Crippen LogP contribution is 2.27. The Hall–Kier alpha value is -1.95. The Bertz CT molecular complexity index is 473. The van der Waals surface area contributed by atoms with E-state index in [0.717, 1.165) is 12.0 Å². The molecule has 1 aliphatic heterocycles. The van der Waals surface area contributed by atoms with E-state index in [2.05, 4.69) is 10.1 Å². The molecule has 0 saturated carbocycles. The van der Waals surface area contributed by atoms with Crippen LogP contribution in [0, 0.1) is 10.1 Å². The average Bonchev–Trinajstić information content (AvgIpc) is 2.36. The van der Waals surface area contributed by atoms with Gasteiger partial charge in [-0.2, -0.15) is 0 Å². The summed E-state index contributed by atoms with van der Waals surface area (Å²) in [6, 6.07) is 3.98. The zero-order chi connectivity index (χ0) is 12.4. The Kier molecular flexibility index (Phi) is 3.06. The summed E-state index contributed by atoms with van der Waals surface area (Å²) in [6.45, 7) is 0.657. The zero-order valence-electron chi connectivity index (χ0n) is 9.30. The largest absolute Gasteiger partial charge is 0.468 e. The molecular weight excluding hydrogens is 224 g/mol. The molecule has 2 rings (SSSR count). The average molecular weight is 236 g/mol. The maximum Gasteiger partial charge on any atom is 0.327 e. The standard InChI is InChI=1S/C11H12N2O4/c1-17-11(14)10-9-6-8(13(15)16)3-2-7(9)4-5-12-10/h2-3,6,10,12H,4-5H2,1H3. The van der Waals surface area contributed by atoms with Crippen LogP contribution in [0.2, 0.25) is 0 Å². The first-order chi connectivity index (χ1) is 8.13. The van der Waals surface area contributed by atoms with Gasteiger partial charge in [0.15, 0.2) is 0 Å². The fourth-order valence-corrected chi connectivity index (χ4v) is 1.98. The van der Waals surface area contributed by atoms with Crippen LogP contribution in [0.4, 0.5) is 5.69 Å². The molecule has 1 atom stereocenters. The van der Waals surface area contributed by atoms with Gasteiger partial charge in [0, 0.05) is 18.7 Å². The van der Waals surface area contributed by atoms with E-state index in [0.29, 0.717) is 12.1 Å². The van der Waals surface area contributed by atoms with E-state index < -0.39 is 16.9 Å². The van der Waals surface area contributed by atoms with Crippen molar-refractivity contribution < 1.29 is 14.5 Å². The Morgan fingerprint density at radius 3 is 3.00 bits per heavy atom. The number of esters is 1. The van der Waals surface area contributed by atoms with Crippen molar-refractivity contribution in [3.8, 4) is 0 Å². The first kappa shape index (κ1) is 11.5. The summed E-state index contributed by atoms with van der Waals surface area (Å²) in [5.74, 6) is -0.425. The third-order valence-electron chi connectivity index (χ3n) is 2.83. The molecule has 0 aromatic heterocycles. The van der Waals surface area contributed by atoms with E-state index in [-0.39, 0.29) is 5.69 Å². The summed E-state index contributed by atoms with van der Waals surface area (Å²) in [6.07, 6.45) is 0.751. The lowest BCUT2D eigenvalue weighted by atomic mass is 9.94. The van der Waals surface area contributed by atoms with Gasteiger partial charge in [-0.05, 0) is 17.5 Å². The lowest BCUT2D eigenvalue weighted by molar-refractivity contribution is -0.384. The van der Waals surface area contributed by atoms with Crippen LogP contribution in [0.3, 0.4) is 0 Å². The molecule has 0 amide bonds. The summed E-state index contributed by atoms with van der Waals surface area (Å²) < 4.78 is 4.68. The number of hydrogen-bond acceptors (Lipinski definition) is 5. The SMILES string of the molecule is COC(=O)C1NCCc2ccc([N+](=O)[O-])cc21. The Morgan fingerprint density at radius 1 is 1.59 bits per heavy atom. The van der Waals surface area contributed by atoms with Crippen LogP contribution in [0.5, 0.6) is 0 Å². The second-order valence-electron chi connectivity index (χ2n) is 3.80. The highest BCUT2D eigenvalue weighted by Gasteiger charge is 2.28. The molecule has 0 bridgehead atoms. The highest BCUT2D eigenvalue weighted by molar-refractivity contribution is 5.78. The molecule has 0 saturated heterocycles.